The number of aliphatic hydroxyl groups is 4. The lowest BCUT2D eigenvalue weighted by atomic mass is 9.93. The van der Waals surface area contributed by atoms with E-state index in [0.29, 0.717) is 0 Å². The normalized spacial score (nSPS) is 13.9. The van der Waals surface area contributed by atoms with Crippen LogP contribution in [0.4, 0.5) is 0 Å². The van der Waals surface area contributed by atoms with E-state index in [-0.39, 0.29) is 20.8 Å². The molecule has 0 bridgehead atoms. The van der Waals surface area contributed by atoms with E-state index in [4.69, 9.17) is 10.2 Å². The molecule has 0 saturated carbocycles. The van der Waals surface area contributed by atoms with Crippen molar-refractivity contribution in [2.75, 3.05) is 41.4 Å². The number of rotatable bonds is 7. The molecule has 0 radical (unpaired) electrons. The van der Waals surface area contributed by atoms with Gasteiger partial charge >= 0.3 is 11.8 Å². The Labute approximate surface area is 202 Å². The molecule has 0 aliphatic carbocycles. The number of carboxylic acids is 2. The molecule has 202 valence electrons. The van der Waals surface area contributed by atoms with Gasteiger partial charge in [-0.2, -0.15) is 0 Å². The third-order valence-electron chi connectivity index (χ3n) is 4.68. The predicted molar refractivity (Wildman–Crippen MR) is 119 cm³/mol. The fourth-order valence-corrected chi connectivity index (χ4v) is 2.61. The lowest BCUT2D eigenvalue weighted by Gasteiger charge is -2.35. The fraction of sp³-hybridized carbons (Fsp3) is 0.818. The van der Waals surface area contributed by atoms with Crippen molar-refractivity contribution in [2.45, 2.75) is 66.8 Å². The quantitative estimate of drug-likeness (QED) is 0.210. The fourth-order valence-electron chi connectivity index (χ4n) is 2.61. The molecule has 0 aliphatic rings. The number of quaternary nitrogens is 2. The molecule has 0 aromatic heterocycles. The van der Waals surface area contributed by atoms with Crippen molar-refractivity contribution >= 4 is 23.8 Å². The molecule has 0 fully saturated rings. The van der Waals surface area contributed by atoms with Gasteiger partial charge in [0.2, 0.25) is 12.5 Å². The summed E-state index contributed by atoms with van der Waals surface area (Å²) in [6.45, 7) is 9.93. The van der Waals surface area contributed by atoms with Crippen molar-refractivity contribution in [3.8, 4) is 0 Å². The standard InChI is InChI=1S/2C9H20NO3.C4H6O4/c2*1-9(2,3)8(13)10(4,5)7(12)6-11;5-3(6)1-2-4(7)8/h2*7,11-12H,6H2,1-5H3;1-2H2,(H,5,6)(H,7,8)/q2*+1;/p-2. The van der Waals surface area contributed by atoms with Crippen molar-refractivity contribution in [3.63, 3.8) is 0 Å². The molecule has 0 aromatic carbocycles. The summed E-state index contributed by atoms with van der Waals surface area (Å²) in [6.07, 6.45) is -3.04. The SMILES string of the molecule is CC(C)(C)C(=O)[N+](C)(C)C(O)CO.CC(C)(C)C(=O)[N+](C)(C)C(O)CO.O=C([O-])CCC(=O)[O-]. The third kappa shape index (κ3) is 13.7. The molecule has 4 N–H and O–H groups in total. The molecule has 0 aliphatic heterocycles. The van der Waals surface area contributed by atoms with Crippen LogP contribution in [0.3, 0.4) is 0 Å². The van der Waals surface area contributed by atoms with Gasteiger partial charge in [-0.3, -0.25) is 0 Å². The van der Waals surface area contributed by atoms with E-state index in [1.807, 2.05) is 0 Å². The Kier molecular flexibility index (Phi) is 15.5. The lowest BCUT2D eigenvalue weighted by Crippen LogP contribution is -2.58. The largest absolute Gasteiger partial charge is 0.550 e. The summed E-state index contributed by atoms with van der Waals surface area (Å²) >= 11 is 0. The lowest BCUT2D eigenvalue weighted by molar-refractivity contribution is -0.869. The summed E-state index contributed by atoms with van der Waals surface area (Å²) in [7, 11) is 6.37. The van der Waals surface area contributed by atoms with Gasteiger partial charge in [0.25, 0.3) is 0 Å². The van der Waals surface area contributed by atoms with E-state index < -0.39 is 61.3 Å². The van der Waals surface area contributed by atoms with Gasteiger partial charge in [-0.15, -0.1) is 0 Å². The number of hydrogen-bond acceptors (Lipinski definition) is 10. The van der Waals surface area contributed by atoms with Gasteiger partial charge in [-0.25, -0.2) is 18.6 Å². The number of carbonyl (C=O) groups is 4. The summed E-state index contributed by atoms with van der Waals surface area (Å²) in [4.78, 5) is 42.6. The summed E-state index contributed by atoms with van der Waals surface area (Å²) in [6, 6.07) is 0. The summed E-state index contributed by atoms with van der Waals surface area (Å²) in [5.74, 6) is -2.94. The van der Waals surface area contributed by atoms with Crippen LogP contribution in [-0.2, 0) is 19.2 Å². The molecule has 2 amide bonds. The van der Waals surface area contributed by atoms with Crippen LogP contribution >= 0.6 is 0 Å². The molecule has 0 saturated heterocycles. The highest BCUT2D eigenvalue weighted by Crippen LogP contribution is 2.22. The molecule has 2 unspecified atom stereocenters. The number of nitrogens with zero attached hydrogens (tertiary/aromatic N) is 2. The highest BCUT2D eigenvalue weighted by molar-refractivity contribution is 5.75. The summed E-state index contributed by atoms with van der Waals surface area (Å²) in [5, 5.41) is 55.4. The van der Waals surface area contributed by atoms with Gasteiger partial charge in [0.05, 0.1) is 39.0 Å². The molecule has 0 spiro atoms. The van der Waals surface area contributed by atoms with Crippen LogP contribution in [-0.4, -0.2) is 107 Å². The Morgan fingerprint density at radius 1 is 0.647 bits per heavy atom. The number of amides is 2. The molecule has 0 aromatic rings. The third-order valence-corrected chi connectivity index (χ3v) is 4.68. The van der Waals surface area contributed by atoms with Gasteiger partial charge < -0.3 is 40.2 Å². The second-order valence-corrected chi connectivity index (χ2v) is 10.8. The number of hydrogen-bond donors (Lipinski definition) is 4. The van der Waals surface area contributed by atoms with E-state index in [2.05, 4.69) is 0 Å². The molecular formula is C22H44N2O10. The van der Waals surface area contributed by atoms with Gasteiger partial charge in [0.15, 0.2) is 0 Å². The van der Waals surface area contributed by atoms with Crippen LogP contribution in [0.2, 0.25) is 0 Å². The van der Waals surface area contributed by atoms with E-state index in [9.17, 15) is 39.6 Å². The summed E-state index contributed by atoms with van der Waals surface area (Å²) < 4.78 is -0.417. The van der Waals surface area contributed by atoms with Gasteiger partial charge in [0, 0.05) is 11.9 Å². The number of aliphatic carboxylic acids is 2. The van der Waals surface area contributed by atoms with Crippen LogP contribution < -0.4 is 10.2 Å². The van der Waals surface area contributed by atoms with Gasteiger partial charge in [-0.05, 0) is 54.4 Å². The van der Waals surface area contributed by atoms with E-state index in [0.717, 1.165) is 0 Å². The van der Waals surface area contributed by atoms with Crippen LogP contribution in [0.25, 0.3) is 0 Å². The topological polar surface area (TPSA) is 195 Å². The number of aliphatic hydroxyl groups excluding tert-OH is 4. The predicted octanol–water partition coefficient (Wildman–Crippen LogP) is -2.84. The van der Waals surface area contributed by atoms with Gasteiger partial charge in [-0.1, -0.05) is 0 Å². The first-order valence-electron chi connectivity index (χ1n) is 10.6. The van der Waals surface area contributed by atoms with Crippen LogP contribution in [0.1, 0.15) is 54.4 Å². The van der Waals surface area contributed by atoms with Crippen molar-refractivity contribution < 1.29 is 58.8 Å². The zero-order valence-electron chi connectivity index (χ0n) is 22.1. The molecule has 0 heterocycles. The Morgan fingerprint density at radius 2 is 0.853 bits per heavy atom. The Morgan fingerprint density at radius 3 is 0.971 bits per heavy atom. The molecule has 12 heteroatoms. The molecule has 0 rings (SSSR count). The van der Waals surface area contributed by atoms with Crippen molar-refractivity contribution in [1.82, 2.24) is 0 Å². The molecular weight excluding hydrogens is 452 g/mol. The molecule has 34 heavy (non-hydrogen) atoms. The maximum Gasteiger partial charge on any atom is 0.320 e. The minimum atomic E-state index is -1.37. The highest BCUT2D eigenvalue weighted by Gasteiger charge is 2.42. The Balaban J connectivity index is -0.000000438. The average molecular weight is 497 g/mol. The second-order valence-electron chi connectivity index (χ2n) is 10.8. The second kappa shape index (κ2) is 14.4. The minimum Gasteiger partial charge on any atom is -0.550 e. The Bertz CT molecular complexity index is 618. The maximum atomic E-state index is 11.8. The monoisotopic (exact) mass is 496 g/mol. The number of likely N-dealkylation sites (N-methyl/N-ethyl adjacent to an activating group) is 2. The van der Waals surface area contributed by atoms with E-state index >= 15 is 0 Å². The minimum absolute atomic E-state index is 0.103. The first-order chi connectivity index (χ1) is 14.9. The molecule has 2 atom stereocenters. The highest BCUT2D eigenvalue weighted by atomic mass is 16.4. The van der Waals surface area contributed by atoms with Crippen molar-refractivity contribution in [2.24, 2.45) is 10.8 Å². The molecule has 12 nitrogen and oxygen atoms in total. The van der Waals surface area contributed by atoms with Gasteiger partial charge in [0.1, 0.15) is 13.2 Å². The zero-order valence-corrected chi connectivity index (χ0v) is 22.1. The number of carboxylic acid groups (broad SMARTS) is 2. The number of carbonyl (C=O) groups excluding carboxylic acids is 4. The van der Waals surface area contributed by atoms with Crippen molar-refractivity contribution in [1.29, 1.82) is 0 Å². The summed E-state index contributed by atoms with van der Waals surface area (Å²) in [5.41, 5.74) is -1.03. The average Bonchev–Trinajstić information content (AvgIpc) is 2.69. The van der Waals surface area contributed by atoms with E-state index in [1.165, 1.54) is 0 Å². The van der Waals surface area contributed by atoms with Crippen LogP contribution in [0, 0.1) is 10.8 Å². The smallest absolute Gasteiger partial charge is 0.320 e. The first kappa shape index (κ1) is 36.6. The zero-order chi connectivity index (χ0) is 28.3. The Hall–Kier alpha value is -1.96. The maximum absolute atomic E-state index is 11.8. The first-order valence-corrected chi connectivity index (χ1v) is 10.6. The van der Waals surface area contributed by atoms with Crippen molar-refractivity contribution in [3.05, 3.63) is 0 Å². The van der Waals surface area contributed by atoms with Crippen LogP contribution in [0.5, 0.6) is 0 Å². The van der Waals surface area contributed by atoms with E-state index in [1.54, 1.807) is 69.7 Å². The van der Waals surface area contributed by atoms with Crippen LogP contribution in [0.15, 0.2) is 0 Å².